The molecular weight excluding hydrogens is 288 g/mol. The number of fused-ring (bicyclic) bond motifs is 1. The van der Waals surface area contributed by atoms with E-state index in [1.54, 1.807) is 7.11 Å². The Morgan fingerprint density at radius 3 is 2.52 bits per heavy atom. The van der Waals surface area contributed by atoms with Gasteiger partial charge >= 0.3 is 5.97 Å². The van der Waals surface area contributed by atoms with Gasteiger partial charge < -0.3 is 9.47 Å². The van der Waals surface area contributed by atoms with Gasteiger partial charge in [0.15, 0.2) is 0 Å². The largest absolute Gasteiger partial charge is 0.497 e. The van der Waals surface area contributed by atoms with Gasteiger partial charge in [-0.3, -0.25) is 0 Å². The number of carbonyl (C=O) groups is 1. The van der Waals surface area contributed by atoms with Gasteiger partial charge in [-0.1, -0.05) is 24.3 Å². The zero-order valence-corrected chi connectivity index (χ0v) is 13.5. The summed E-state index contributed by atoms with van der Waals surface area (Å²) >= 11 is 0. The SMILES string of the molecule is COC(=O)c1ccc2c(c1)C(c1ccc(OC)cc1)=CCCC2. The van der Waals surface area contributed by atoms with Crippen LogP contribution in [0, 0.1) is 0 Å². The van der Waals surface area contributed by atoms with E-state index < -0.39 is 0 Å². The fraction of sp³-hybridized carbons (Fsp3) is 0.250. The first-order chi connectivity index (χ1) is 11.2. The fourth-order valence-corrected chi connectivity index (χ4v) is 2.98. The molecule has 0 saturated carbocycles. The summed E-state index contributed by atoms with van der Waals surface area (Å²) in [6.07, 6.45) is 5.43. The number of carbonyl (C=O) groups excluding carboxylic acids is 1. The number of benzene rings is 2. The van der Waals surface area contributed by atoms with Gasteiger partial charge in [0.05, 0.1) is 19.8 Å². The summed E-state index contributed by atoms with van der Waals surface area (Å²) in [5, 5.41) is 0. The molecule has 0 atom stereocenters. The molecule has 2 aromatic rings. The van der Waals surface area contributed by atoms with Crippen molar-refractivity contribution in [1.29, 1.82) is 0 Å². The lowest BCUT2D eigenvalue weighted by atomic mass is 9.92. The van der Waals surface area contributed by atoms with Gasteiger partial charge in [-0.25, -0.2) is 4.79 Å². The highest BCUT2D eigenvalue weighted by molar-refractivity contribution is 5.92. The lowest BCUT2D eigenvalue weighted by Crippen LogP contribution is -2.03. The van der Waals surface area contributed by atoms with E-state index in [1.807, 2.05) is 30.3 Å². The monoisotopic (exact) mass is 308 g/mol. The Balaban J connectivity index is 2.07. The van der Waals surface area contributed by atoms with Crippen LogP contribution in [0.5, 0.6) is 5.75 Å². The van der Waals surface area contributed by atoms with Crippen molar-refractivity contribution in [1.82, 2.24) is 0 Å². The molecule has 0 aliphatic heterocycles. The minimum absolute atomic E-state index is 0.300. The highest BCUT2D eigenvalue weighted by Gasteiger charge is 2.16. The maximum atomic E-state index is 11.9. The van der Waals surface area contributed by atoms with Crippen molar-refractivity contribution in [3.8, 4) is 5.75 Å². The van der Waals surface area contributed by atoms with E-state index in [0.29, 0.717) is 5.56 Å². The molecule has 0 bridgehead atoms. The normalized spacial score (nSPS) is 13.6. The Morgan fingerprint density at radius 1 is 1.04 bits per heavy atom. The van der Waals surface area contributed by atoms with Crippen LogP contribution in [0.2, 0.25) is 0 Å². The summed E-state index contributed by atoms with van der Waals surface area (Å²) in [4.78, 5) is 11.9. The maximum Gasteiger partial charge on any atom is 0.337 e. The van der Waals surface area contributed by atoms with Crippen LogP contribution in [0.3, 0.4) is 0 Å². The van der Waals surface area contributed by atoms with Crippen molar-refractivity contribution in [2.45, 2.75) is 19.3 Å². The zero-order chi connectivity index (χ0) is 16.2. The van der Waals surface area contributed by atoms with Gasteiger partial charge in [0.2, 0.25) is 0 Å². The van der Waals surface area contributed by atoms with E-state index in [2.05, 4.69) is 18.2 Å². The van der Waals surface area contributed by atoms with Crippen molar-refractivity contribution in [2.24, 2.45) is 0 Å². The van der Waals surface area contributed by atoms with Gasteiger partial charge in [-0.05, 0) is 65.8 Å². The summed E-state index contributed by atoms with van der Waals surface area (Å²) in [6, 6.07) is 13.9. The van der Waals surface area contributed by atoms with Crippen LogP contribution in [0.25, 0.3) is 5.57 Å². The first kappa shape index (κ1) is 15.3. The first-order valence-electron chi connectivity index (χ1n) is 7.79. The third kappa shape index (κ3) is 3.14. The lowest BCUT2D eigenvalue weighted by molar-refractivity contribution is 0.0600. The molecule has 2 aromatic carbocycles. The smallest absolute Gasteiger partial charge is 0.337 e. The summed E-state index contributed by atoms with van der Waals surface area (Å²) in [5.41, 5.74) is 5.29. The van der Waals surface area contributed by atoms with Gasteiger partial charge in [-0.15, -0.1) is 0 Å². The molecule has 3 rings (SSSR count). The maximum absolute atomic E-state index is 11.9. The summed E-state index contributed by atoms with van der Waals surface area (Å²) in [6.45, 7) is 0. The average Bonchev–Trinajstić information content (AvgIpc) is 2.83. The second-order valence-corrected chi connectivity index (χ2v) is 5.60. The topological polar surface area (TPSA) is 35.5 Å². The molecule has 1 aliphatic rings. The number of esters is 1. The third-order valence-corrected chi connectivity index (χ3v) is 4.22. The highest BCUT2D eigenvalue weighted by atomic mass is 16.5. The number of methoxy groups -OCH3 is 2. The highest BCUT2D eigenvalue weighted by Crippen LogP contribution is 2.32. The Kier molecular flexibility index (Phi) is 4.47. The first-order valence-corrected chi connectivity index (χ1v) is 7.79. The fourth-order valence-electron chi connectivity index (χ4n) is 2.98. The zero-order valence-electron chi connectivity index (χ0n) is 13.5. The second kappa shape index (κ2) is 6.69. The van der Waals surface area contributed by atoms with Gasteiger partial charge in [0, 0.05) is 0 Å². The molecule has 0 aromatic heterocycles. The van der Waals surface area contributed by atoms with Crippen molar-refractivity contribution >= 4 is 11.5 Å². The Hall–Kier alpha value is -2.55. The third-order valence-electron chi connectivity index (χ3n) is 4.22. The quantitative estimate of drug-likeness (QED) is 0.795. The molecule has 0 saturated heterocycles. The molecule has 0 spiro atoms. The van der Waals surface area contributed by atoms with Gasteiger partial charge in [0.1, 0.15) is 5.75 Å². The van der Waals surface area contributed by atoms with Crippen LogP contribution < -0.4 is 4.74 Å². The van der Waals surface area contributed by atoms with E-state index in [4.69, 9.17) is 9.47 Å². The van der Waals surface area contributed by atoms with Crippen LogP contribution in [0.15, 0.2) is 48.5 Å². The summed E-state index contributed by atoms with van der Waals surface area (Å²) in [5.74, 6) is 0.539. The molecule has 23 heavy (non-hydrogen) atoms. The van der Waals surface area contributed by atoms with Gasteiger partial charge in [0.25, 0.3) is 0 Å². The summed E-state index contributed by atoms with van der Waals surface area (Å²) < 4.78 is 10.1. The Labute approximate surface area is 136 Å². The van der Waals surface area contributed by atoms with Crippen molar-refractivity contribution < 1.29 is 14.3 Å². The number of hydrogen-bond donors (Lipinski definition) is 0. The predicted octanol–water partition coefficient (Wildman–Crippen LogP) is 4.25. The minimum Gasteiger partial charge on any atom is -0.497 e. The average molecular weight is 308 g/mol. The molecule has 1 aliphatic carbocycles. The molecule has 0 heterocycles. The number of aryl methyl sites for hydroxylation is 1. The van der Waals surface area contributed by atoms with Crippen LogP contribution in [0.4, 0.5) is 0 Å². The molecule has 0 amide bonds. The number of ether oxygens (including phenoxy) is 2. The summed E-state index contributed by atoms with van der Waals surface area (Å²) in [7, 11) is 3.08. The van der Waals surface area contributed by atoms with Crippen molar-refractivity contribution in [2.75, 3.05) is 14.2 Å². The molecule has 118 valence electrons. The second-order valence-electron chi connectivity index (χ2n) is 5.60. The molecular formula is C20H20O3. The van der Waals surface area contributed by atoms with E-state index in [9.17, 15) is 4.79 Å². The van der Waals surface area contributed by atoms with Gasteiger partial charge in [-0.2, -0.15) is 0 Å². The van der Waals surface area contributed by atoms with Crippen molar-refractivity contribution in [3.05, 3.63) is 70.8 Å². The molecule has 0 unspecified atom stereocenters. The molecule has 3 nitrogen and oxygen atoms in total. The lowest BCUT2D eigenvalue weighted by Gasteiger charge is -2.13. The van der Waals surface area contributed by atoms with Crippen LogP contribution in [-0.4, -0.2) is 20.2 Å². The van der Waals surface area contributed by atoms with E-state index in [1.165, 1.54) is 18.2 Å². The molecule has 0 fully saturated rings. The van der Waals surface area contributed by atoms with Crippen molar-refractivity contribution in [3.63, 3.8) is 0 Å². The van der Waals surface area contributed by atoms with Crippen LogP contribution >= 0.6 is 0 Å². The Bertz CT molecular complexity index is 742. The molecule has 0 N–H and O–H groups in total. The van der Waals surface area contributed by atoms with E-state index in [0.717, 1.165) is 36.1 Å². The minimum atomic E-state index is -0.300. The number of hydrogen-bond acceptors (Lipinski definition) is 3. The molecule has 0 radical (unpaired) electrons. The number of allylic oxidation sites excluding steroid dienone is 1. The van der Waals surface area contributed by atoms with Crippen LogP contribution in [-0.2, 0) is 11.2 Å². The van der Waals surface area contributed by atoms with Crippen LogP contribution in [0.1, 0.15) is 39.9 Å². The van der Waals surface area contributed by atoms with E-state index >= 15 is 0 Å². The van der Waals surface area contributed by atoms with E-state index in [-0.39, 0.29) is 5.97 Å². The molecule has 3 heteroatoms. The Morgan fingerprint density at radius 2 is 1.83 bits per heavy atom. The predicted molar refractivity (Wildman–Crippen MR) is 90.8 cm³/mol. The number of rotatable bonds is 3. The standard InChI is InChI=1S/C20H20O3/c1-22-17-11-9-15(10-12-17)18-6-4-3-5-14-7-8-16(13-19(14)18)20(21)23-2/h6-13H,3-5H2,1-2H3.